The Bertz CT molecular complexity index is 394. The van der Waals surface area contributed by atoms with E-state index in [9.17, 15) is 5.11 Å². The van der Waals surface area contributed by atoms with E-state index in [1.165, 1.54) is 4.88 Å². The van der Waals surface area contributed by atoms with Crippen LogP contribution in [0.5, 0.6) is 5.75 Å². The predicted molar refractivity (Wildman–Crippen MR) is 48.6 cm³/mol. The first kappa shape index (κ1) is 7.55. The van der Waals surface area contributed by atoms with Gasteiger partial charge in [0, 0.05) is 13.0 Å². The molecule has 0 spiro atoms. The maximum Gasteiger partial charge on any atom is 0.309 e. The van der Waals surface area contributed by atoms with Crippen molar-refractivity contribution < 1.29 is 9.51 Å². The number of thiazole rings is 1. The van der Waals surface area contributed by atoms with Gasteiger partial charge in [0.25, 0.3) is 0 Å². The Morgan fingerprint density at radius 3 is 2.75 bits per heavy atom. The lowest BCUT2D eigenvalue weighted by Crippen LogP contribution is -2.21. The zero-order valence-corrected chi connectivity index (χ0v) is 7.85. The van der Waals surface area contributed by atoms with Crippen molar-refractivity contribution in [3.63, 3.8) is 0 Å². The molecule has 0 aliphatic heterocycles. The summed E-state index contributed by atoms with van der Waals surface area (Å²) in [5.41, 5.74) is 1.15. The number of pyridine rings is 1. The van der Waals surface area contributed by atoms with Crippen LogP contribution in [0.15, 0.2) is 18.3 Å². The molecule has 2 aromatic rings. The lowest BCUT2D eigenvalue weighted by Gasteiger charge is -1.89. The van der Waals surface area contributed by atoms with E-state index < -0.39 is 0 Å². The van der Waals surface area contributed by atoms with Gasteiger partial charge in [-0.2, -0.15) is 4.40 Å². The number of aromatic nitrogens is 1. The highest BCUT2D eigenvalue weighted by Crippen LogP contribution is 2.21. The van der Waals surface area contributed by atoms with Crippen LogP contribution >= 0.6 is 11.3 Å². The molecule has 2 heterocycles. The van der Waals surface area contributed by atoms with Gasteiger partial charge in [0.05, 0.1) is 4.88 Å². The summed E-state index contributed by atoms with van der Waals surface area (Å²) in [7, 11) is 0. The quantitative estimate of drug-likeness (QED) is 0.614. The van der Waals surface area contributed by atoms with E-state index >= 15 is 0 Å². The minimum Gasteiger partial charge on any atom is -0.502 e. The van der Waals surface area contributed by atoms with Gasteiger partial charge in [0.2, 0.25) is 5.75 Å². The van der Waals surface area contributed by atoms with Crippen LogP contribution in [0, 0.1) is 13.8 Å². The first-order chi connectivity index (χ1) is 5.68. The highest BCUT2D eigenvalue weighted by Gasteiger charge is 2.13. The molecule has 0 radical (unpaired) electrons. The minimum atomic E-state index is 0.360. The molecule has 1 N–H and O–H groups in total. The Labute approximate surface area is 74.7 Å². The van der Waals surface area contributed by atoms with Crippen LogP contribution < -0.4 is 4.40 Å². The summed E-state index contributed by atoms with van der Waals surface area (Å²) >= 11 is 1.61. The summed E-state index contributed by atoms with van der Waals surface area (Å²) in [5, 5.41) is 9.50. The summed E-state index contributed by atoms with van der Waals surface area (Å²) in [6.07, 6.45) is 2.04. The molecule has 3 heteroatoms. The van der Waals surface area contributed by atoms with Gasteiger partial charge < -0.3 is 5.11 Å². The van der Waals surface area contributed by atoms with E-state index in [4.69, 9.17) is 0 Å². The molecule has 0 bridgehead atoms. The molecule has 0 saturated heterocycles. The molecule has 62 valence electrons. The molecule has 2 nitrogen and oxygen atoms in total. The number of hydrogen-bond acceptors (Lipinski definition) is 2. The van der Waals surface area contributed by atoms with E-state index in [0.717, 1.165) is 10.5 Å². The van der Waals surface area contributed by atoms with Crippen LogP contribution in [-0.2, 0) is 0 Å². The van der Waals surface area contributed by atoms with Gasteiger partial charge in [-0.25, -0.2) is 0 Å². The van der Waals surface area contributed by atoms with Crippen molar-refractivity contribution in [3.05, 3.63) is 28.9 Å². The van der Waals surface area contributed by atoms with Crippen LogP contribution in [0.4, 0.5) is 0 Å². The fourth-order valence-electron chi connectivity index (χ4n) is 1.26. The first-order valence-electron chi connectivity index (χ1n) is 3.79. The highest BCUT2D eigenvalue weighted by molar-refractivity contribution is 7.17. The van der Waals surface area contributed by atoms with Gasteiger partial charge in [0.1, 0.15) is 0 Å². The Kier molecular flexibility index (Phi) is 1.54. The number of aryl methyl sites for hydroxylation is 2. The lowest BCUT2D eigenvalue weighted by molar-refractivity contribution is -0.516. The van der Waals surface area contributed by atoms with Crippen LogP contribution in [0.25, 0.3) is 4.83 Å². The SMILES string of the molecule is Cc1c[n+]2c(C)ccc(O)c2s1. The predicted octanol–water partition coefficient (Wildman–Crippen LogP) is 1.81. The summed E-state index contributed by atoms with van der Waals surface area (Å²) in [5.74, 6) is 0.360. The largest absolute Gasteiger partial charge is 0.502 e. The van der Waals surface area contributed by atoms with Crippen molar-refractivity contribution in [2.24, 2.45) is 0 Å². The Morgan fingerprint density at radius 1 is 1.33 bits per heavy atom. The third-order valence-corrected chi connectivity index (χ3v) is 2.90. The van der Waals surface area contributed by atoms with Gasteiger partial charge in [-0.05, 0) is 13.0 Å². The molecule has 0 aliphatic rings. The van der Waals surface area contributed by atoms with Gasteiger partial charge in [-0.1, -0.05) is 11.3 Å². The topological polar surface area (TPSA) is 24.3 Å². The number of hydrogen-bond donors (Lipinski definition) is 1. The number of fused-ring (bicyclic) bond motifs is 1. The van der Waals surface area contributed by atoms with Crippen molar-refractivity contribution in [1.29, 1.82) is 0 Å². The Hall–Kier alpha value is -1.09. The number of nitrogens with zero attached hydrogens (tertiary/aromatic N) is 1. The zero-order valence-electron chi connectivity index (χ0n) is 7.03. The number of rotatable bonds is 0. The van der Waals surface area contributed by atoms with Crippen molar-refractivity contribution in [2.75, 3.05) is 0 Å². The molecular formula is C9H10NOS+. The third kappa shape index (κ3) is 0.975. The van der Waals surface area contributed by atoms with E-state index in [1.54, 1.807) is 17.4 Å². The second-order valence-corrected chi connectivity index (χ2v) is 4.11. The summed E-state index contributed by atoms with van der Waals surface area (Å²) in [6.45, 7) is 4.06. The summed E-state index contributed by atoms with van der Waals surface area (Å²) < 4.78 is 2.01. The van der Waals surface area contributed by atoms with Crippen molar-refractivity contribution in [2.45, 2.75) is 13.8 Å². The third-order valence-electron chi connectivity index (χ3n) is 1.87. The van der Waals surface area contributed by atoms with Crippen molar-refractivity contribution >= 4 is 16.2 Å². The van der Waals surface area contributed by atoms with Crippen LogP contribution in [0.1, 0.15) is 10.6 Å². The second kappa shape index (κ2) is 2.45. The zero-order chi connectivity index (χ0) is 8.72. The molecule has 0 atom stereocenters. The smallest absolute Gasteiger partial charge is 0.309 e. The molecule has 2 rings (SSSR count). The summed E-state index contributed by atoms with van der Waals surface area (Å²) in [4.78, 5) is 2.13. The monoisotopic (exact) mass is 180 g/mol. The normalized spacial score (nSPS) is 10.8. The average Bonchev–Trinajstić information content (AvgIpc) is 2.41. The summed E-state index contributed by atoms with van der Waals surface area (Å²) in [6, 6.07) is 3.65. The standard InChI is InChI=1S/C9H9NOS/c1-6-3-4-8(11)9-10(6)5-7(2)12-9/h3-5H,1-2H3/p+1. The molecule has 0 aliphatic carbocycles. The fourth-order valence-corrected chi connectivity index (χ4v) is 2.19. The molecule has 0 amide bonds. The highest BCUT2D eigenvalue weighted by atomic mass is 32.1. The average molecular weight is 180 g/mol. The molecule has 0 fully saturated rings. The second-order valence-electron chi connectivity index (χ2n) is 2.88. The Balaban J connectivity index is 2.93. The molecule has 12 heavy (non-hydrogen) atoms. The first-order valence-corrected chi connectivity index (χ1v) is 4.60. The van der Waals surface area contributed by atoms with Crippen molar-refractivity contribution in [3.8, 4) is 5.75 Å². The minimum absolute atomic E-state index is 0.360. The lowest BCUT2D eigenvalue weighted by atomic mass is 10.3. The molecule has 0 aromatic carbocycles. The van der Waals surface area contributed by atoms with E-state index in [1.807, 2.05) is 30.5 Å². The maximum atomic E-state index is 9.50. The molecule has 0 saturated carbocycles. The van der Waals surface area contributed by atoms with Crippen LogP contribution in [0.2, 0.25) is 0 Å². The van der Waals surface area contributed by atoms with Gasteiger partial charge in [0.15, 0.2) is 11.9 Å². The number of aromatic hydroxyl groups is 1. The fraction of sp³-hybridized carbons (Fsp3) is 0.222. The van der Waals surface area contributed by atoms with E-state index in [0.29, 0.717) is 5.75 Å². The molecule has 2 aromatic heterocycles. The van der Waals surface area contributed by atoms with Crippen LogP contribution in [0.3, 0.4) is 0 Å². The molecular weight excluding hydrogens is 170 g/mol. The van der Waals surface area contributed by atoms with E-state index in [-0.39, 0.29) is 0 Å². The van der Waals surface area contributed by atoms with Crippen molar-refractivity contribution in [1.82, 2.24) is 0 Å². The van der Waals surface area contributed by atoms with Gasteiger partial charge in [-0.3, -0.25) is 0 Å². The van der Waals surface area contributed by atoms with Crippen LogP contribution in [-0.4, -0.2) is 5.11 Å². The van der Waals surface area contributed by atoms with Gasteiger partial charge in [-0.15, -0.1) is 0 Å². The Morgan fingerprint density at radius 2 is 2.08 bits per heavy atom. The van der Waals surface area contributed by atoms with E-state index in [2.05, 4.69) is 0 Å². The van der Waals surface area contributed by atoms with Gasteiger partial charge >= 0.3 is 4.83 Å². The maximum absolute atomic E-state index is 9.50. The molecule has 0 unspecified atom stereocenters.